The van der Waals surface area contributed by atoms with Gasteiger partial charge in [-0.05, 0) is 51.5 Å². The number of ether oxygens (including phenoxy) is 2. The number of likely N-dealkylation sites (tertiary alicyclic amines) is 1. The maximum Gasteiger partial charge on any atom is 0.295 e. The van der Waals surface area contributed by atoms with E-state index in [2.05, 4.69) is 0 Å². The molecule has 1 aliphatic heterocycles. The Hall–Kier alpha value is -2.90. The summed E-state index contributed by atoms with van der Waals surface area (Å²) in [6.07, 6.45) is 0.470. The largest absolute Gasteiger partial charge is 0.507 e. The SMILES string of the molecule is CCOc1ccc(/C(O)=C2/C(=O)C(=O)N(CCCOC(C)C)C2c2ccccc2F)cc1Cl. The molecule has 6 nitrogen and oxygen atoms in total. The van der Waals surface area contributed by atoms with Crippen molar-refractivity contribution in [1.29, 1.82) is 0 Å². The molecule has 0 spiro atoms. The average molecular weight is 476 g/mol. The highest BCUT2D eigenvalue weighted by Gasteiger charge is 2.46. The van der Waals surface area contributed by atoms with Crippen LogP contribution in [-0.4, -0.2) is 47.6 Å². The van der Waals surface area contributed by atoms with E-state index in [4.69, 9.17) is 21.1 Å². The van der Waals surface area contributed by atoms with Crippen LogP contribution in [0.3, 0.4) is 0 Å². The van der Waals surface area contributed by atoms with Gasteiger partial charge in [-0.3, -0.25) is 9.59 Å². The highest BCUT2D eigenvalue weighted by molar-refractivity contribution is 6.46. The van der Waals surface area contributed by atoms with Gasteiger partial charge in [0, 0.05) is 24.3 Å². The van der Waals surface area contributed by atoms with E-state index >= 15 is 0 Å². The molecule has 0 aliphatic carbocycles. The third-order valence-electron chi connectivity index (χ3n) is 5.24. The van der Waals surface area contributed by atoms with Crippen LogP contribution in [-0.2, 0) is 14.3 Å². The fraction of sp³-hybridized carbons (Fsp3) is 0.360. The molecular formula is C25H27ClFNO5. The average Bonchev–Trinajstić information content (AvgIpc) is 3.02. The Kier molecular flexibility index (Phi) is 8.10. The molecule has 176 valence electrons. The van der Waals surface area contributed by atoms with Crippen molar-refractivity contribution in [3.8, 4) is 5.75 Å². The summed E-state index contributed by atoms with van der Waals surface area (Å²) in [6.45, 7) is 6.55. The Bertz CT molecular complexity index is 1070. The van der Waals surface area contributed by atoms with Crippen LogP contribution < -0.4 is 4.74 Å². The molecule has 1 saturated heterocycles. The molecular weight excluding hydrogens is 449 g/mol. The molecule has 1 fully saturated rings. The lowest BCUT2D eigenvalue weighted by Crippen LogP contribution is -2.31. The number of amides is 1. The van der Waals surface area contributed by atoms with Crippen molar-refractivity contribution in [2.75, 3.05) is 19.8 Å². The van der Waals surface area contributed by atoms with Gasteiger partial charge in [0.15, 0.2) is 0 Å². The van der Waals surface area contributed by atoms with Crippen LogP contribution in [0.4, 0.5) is 4.39 Å². The van der Waals surface area contributed by atoms with Crippen LogP contribution in [0.25, 0.3) is 5.76 Å². The first kappa shape index (κ1) is 24.7. The number of carbonyl (C=O) groups is 2. The molecule has 1 amide bonds. The topological polar surface area (TPSA) is 76.1 Å². The number of nitrogens with zero attached hydrogens (tertiary/aromatic N) is 1. The number of carbonyl (C=O) groups excluding carboxylic acids is 2. The lowest BCUT2D eigenvalue weighted by atomic mass is 9.95. The van der Waals surface area contributed by atoms with Gasteiger partial charge < -0.3 is 19.5 Å². The zero-order valence-corrected chi connectivity index (χ0v) is 19.6. The Morgan fingerprint density at radius 3 is 2.58 bits per heavy atom. The van der Waals surface area contributed by atoms with Gasteiger partial charge in [0.05, 0.1) is 29.3 Å². The number of hydrogen-bond acceptors (Lipinski definition) is 5. The van der Waals surface area contributed by atoms with Gasteiger partial charge in [-0.25, -0.2) is 4.39 Å². The molecule has 33 heavy (non-hydrogen) atoms. The molecule has 1 aliphatic rings. The van der Waals surface area contributed by atoms with Crippen LogP contribution in [0.5, 0.6) is 5.75 Å². The van der Waals surface area contributed by atoms with Crippen LogP contribution in [0.15, 0.2) is 48.0 Å². The second kappa shape index (κ2) is 10.8. The monoisotopic (exact) mass is 475 g/mol. The molecule has 8 heteroatoms. The summed E-state index contributed by atoms with van der Waals surface area (Å²) in [6, 6.07) is 9.38. The molecule has 0 saturated carbocycles. The number of hydrogen-bond donors (Lipinski definition) is 1. The van der Waals surface area contributed by atoms with E-state index in [1.54, 1.807) is 12.1 Å². The molecule has 2 aromatic rings. The second-order valence-electron chi connectivity index (χ2n) is 7.87. The Morgan fingerprint density at radius 1 is 1.21 bits per heavy atom. The van der Waals surface area contributed by atoms with Crippen LogP contribution in [0.1, 0.15) is 44.4 Å². The van der Waals surface area contributed by atoms with Gasteiger partial charge in [0.2, 0.25) is 0 Å². The van der Waals surface area contributed by atoms with Crippen molar-refractivity contribution >= 4 is 29.1 Å². The fourth-order valence-corrected chi connectivity index (χ4v) is 4.00. The van der Waals surface area contributed by atoms with Gasteiger partial charge in [0.25, 0.3) is 11.7 Å². The van der Waals surface area contributed by atoms with Gasteiger partial charge in [-0.1, -0.05) is 29.8 Å². The zero-order chi connectivity index (χ0) is 24.1. The molecule has 1 N–H and O–H groups in total. The van der Waals surface area contributed by atoms with Crippen molar-refractivity contribution < 1.29 is 28.6 Å². The normalized spacial score (nSPS) is 17.8. The minimum atomic E-state index is -1.07. The zero-order valence-electron chi connectivity index (χ0n) is 18.8. The number of aliphatic hydroxyl groups is 1. The van der Waals surface area contributed by atoms with Crippen LogP contribution in [0.2, 0.25) is 5.02 Å². The Balaban J connectivity index is 2.06. The molecule has 1 atom stereocenters. The van der Waals surface area contributed by atoms with Gasteiger partial charge in [-0.15, -0.1) is 0 Å². The van der Waals surface area contributed by atoms with Crippen LogP contribution >= 0.6 is 11.6 Å². The van der Waals surface area contributed by atoms with E-state index in [0.29, 0.717) is 25.4 Å². The molecule has 2 aromatic carbocycles. The maximum absolute atomic E-state index is 14.8. The van der Waals surface area contributed by atoms with Crippen LogP contribution in [0, 0.1) is 5.82 Å². The van der Waals surface area contributed by atoms with E-state index in [-0.39, 0.29) is 34.4 Å². The van der Waals surface area contributed by atoms with E-state index in [1.165, 1.54) is 35.2 Å². The summed E-state index contributed by atoms with van der Waals surface area (Å²) in [5, 5.41) is 11.3. The van der Waals surface area contributed by atoms with E-state index in [0.717, 1.165) is 0 Å². The smallest absolute Gasteiger partial charge is 0.295 e. The molecule has 0 radical (unpaired) electrons. The van der Waals surface area contributed by atoms with Crippen molar-refractivity contribution in [3.05, 3.63) is 70.0 Å². The molecule has 0 aromatic heterocycles. The summed E-state index contributed by atoms with van der Waals surface area (Å²) in [7, 11) is 0. The summed E-state index contributed by atoms with van der Waals surface area (Å²) in [5.74, 6) is -2.26. The summed E-state index contributed by atoms with van der Waals surface area (Å²) < 4.78 is 25.7. The van der Waals surface area contributed by atoms with Crippen molar-refractivity contribution in [2.24, 2.45) is 0 Å². The number of ketones is 1. The maximum atomic E-state index is 14.8. The predicted molar refractivity (Wildman–Crippen MR) is 124 cm³/mol. The fourth-order valence-electron chi connectivity index (χ4n) is 3.76. The number of aliphatic hydroxyl groups excluding tert-OH is 1. The predicted octanol–water partition coefficient (Wildman–Crippen LogP) is 5.11. The van der Waals surface area contributed by atoms with E-state index in [1.807, 2.05) is 20.8 Å². The summed E-state index contributed by atoms with van der Waals surface area (Å²) >= 11 is 6.25. The lowest BCUT2D eigenvalue weighted by Gasteiger charge is -2.25. The number of Topliss-reactive ketones (excluding diaryl/α,β-unsaturated/α-hetero) is 1. The van der Waals surface area contributed by atoms with Gasteiger partial charge >= 0.3 is 0 Å². The van der Waals surface area contributed by atoms with E-state index < -0.39 is 29.3 Å². The third-order valence-corrected chi connectivity index (χ3v) is 5.53. The number of benzene rings is 2. The minimum Gasteiger partial charge on any atom is -0.507 e. The third kappa shape index (κ3) is 5.37. The molecule has 3 rings (SSSR count). The van der Waals surface area contributed by atoms with Crippen molar-refractivity contribution in [3.63, 3.8) is 0 Å². The van der Waals surface area contributed by atoms with Gasteiger partial charge in [0.1, 0.15) is 17.3 Å². The Morgan fingerprint density at radius 2 is 1.94 bits per heavy atom. The van der Waals surface area contributed by atoms with Crippen molar-refractivity contribution in [2.45, 2.75) is 39.3 Å². The van der Waals surface area contributed by atoms with E-state index in [9.17, 15) is 19.1 Å². The molecule has 1 unspecified atom stereocenters. The second-order valence-corrected chi connectivity index (χ2v) is 8.27. The first-order chi connectivity index (χ1) is 15.8. The number of rotatable bonds is 9. The first-order valence-electron chi connectivity index (χ1n) is 10.8. The van der Waals surface area contributed by atoms with Gasteiger partial charge in [-0.2, -0.15) is 0 Å². The standard InChI is InChI=1S/C25H27ClFNO5/c1-4-32-20-11-10-16(14-18(20)26)23(29)21-22(17-8-5-6-9-19(17)27)28(25(31)24(21)30)12-7-13-33-15(2)3/h5-6,8-11,14-15,22,29H,4,7,12-13H2,1-3H3/b23-21-. The highest BCUT2D eigenvalue weighted by Crippen LogP contribution is 2.41. The lowest BCUT2D eigenvalue weighted by molar-refractivity contribution is -0.140. The highest BCUT2D eigenvalue weighted by atomic mass is 35.5. The summed E-state index contributed by atoms with van der Waals surface area (Å²) in [5.41, 5.74) is 0.168. The van der Waals surface area contributed by atoms with Crippen molar-refractivity contribution in [1.82, 2.24) is 4.90 Å². The quantitative estimate of drug-likeness (QED) is 0.236. The molecule has 0 bridgehead atoms. The molecule has 1 heterocycles. The Labute approximate surface area is 197 Å². The summed E-state index contributed by atoms with van der Waals surface area (Å²) in [4.78, 5) is 27.2. The minimum absolute atomic E-state index is 0.0205. The first-order valence-corrected chi connectivity index (χ1v) is 11.2. The number of halogens is 2.